The summed E-state index contributed by atoms with van der Waals surface area (Å²) in [6.07, 6.45) is -9.05. The van der Waals surface area contributed by atoms with Crippen LogP contribution >= 0.6 is 0 Å². The van der Waals surface area contributed by atoms with Gasteiger partial charge in [0.05, 0.1) is 11.1 Å². The van der Waals surface area contributed by atoms with Gasteiger partial charge in [0.1, 0.15) is 18.6 Å². The third-order valence-corrected chi connectivity index (χ3v) is 3.34. The molecule has 0 N–H and O–H groups in total. The number of aldehydes is 1. The van der Waals surface area contributed by atoms with Gasteiger partial charge in [-0.2, -0.15) is 26.3 Å². The molecule has 0 unspecified atom stereocenters. The Hall–Kier alpha value is -2.51. The Morgan fingerprint density at radius 2 is 1.64 bits per heavy atom. The standard InChI is InChI=1S/C17H12F6O2/c1-10-4-11(8-24)6-14(5-10)25-9-12-7-13(16(18,19)20)2-3-15(12)17(21,22)23/h2-8H,9H2,1H3. The summed E-state index contributed by atoms with van der Waals surface area (Å²) in [6.45, 7) is 0.922. The zero-order valence-electron chi connectivity index (χ0n) is 12.8. The zero-order valence-corrected chi connectivity index (χ0v) is 12.8. The number of carbonyl (C=O) groups excluding carboxylic acids is 1. The van der Waals surface area contributed by atoms with Gasteiger partial charge in [0.2, 0.25) is 0 Å². The van der Waals surface area contributed by atoms with Gasteiger partial charge in [-0.15, -0.1) is 0 Å². The highest BCUT2D eigenvalue weighted by molar-refractivity contribution is 5.76. The number of hydrogen-bond acceptors (Lipinski definition) is 2. The van der Waals surface area contributed by atoms with Crippen LogP contribution in [-0.2, 0) is 19.0 Å². The van der Waals surface area contributed by atoms with Crippen molar-refractivity contribution in [3.63, 3.8) is 0 Å². The largest absolute Gasteiger partial charge is 0.489 e. The SMILES string of the molecule is Cc1cc(C=O)cc(OCc2cc(C(F)(F)F)ccc2C(F)(F)F)c1. The van der Waals surface area contributed by atoms with Gasteiger partial charge in [-0.05, 0) is 48.9 Å². The molecule has 0 aromatic heterocycles. The maximum atomic E-state index is 13.0. The number of benzene rings is 2. The summed E-state index contributed by atoms with van der Waals surface area (Å²) in [5, 5.41) is 0. The molecule has 0 saturated heterocycles. The van der Waals surface area contributed by atoms with E-state index in [0.29, 0.717) is 30.0 Å². The number of alkyl halides is 6. The van der Waals surface area contributed by atoms with Crippen LogP contribution in [-0.4, -0.2) is 6.29 Å². The first kappa shape index (κ1) is 18.8. The van der Waals surface area contributed by atoms with Crippen molar-refractivity contribution in [2.75, 3.05) is 0 Å². The minimum atomic E-state index is -4.82. The molecule has 0 spiro atoms. The van der Waals surface area contributed by atoms with Crippen molar-refractivity contribution >= 4 is 6.29 Å². The van der Waals surface area contributed by atoms with Crippen LogP contribution in [0.3, 0.4) is 0 Å². The van der Waals surface area contributed by atoms with Gasteiger partial charge in [0.25, 0.3) is 0 Å². The fourth-order valence-corrected chi connectivity index (χ4v) is 2.26. The second-order valence-electron chi connectivity index (χ2n) is 5.35. The lowest BCUT2D eigenvalue weighted by molar-refractivity contribution is -0.142. The maximum Gasteiger partial charge on any atom is 0.416 e. The molecular weight excluding hydrogens is 350 g/mol. The van der Waals surface area contributed by atoms with Gasteiger partial charge in [0.15, 0.2) is 0 Å². The van der Waals surface area contributed by atoms with Gasteiger partial charge >= 0.3 is 12.4 Å². The Kier molecular flexibility index (Phi) is 5.10. The summed E-state index contributed by atoms with van der Waals surface area (Å²) >= 11 is 0. The van der Waals surface area contributed by atoms with E-state index in [9.17, 15) is 31.1 Å². The number of halogens is 6. The van der Waals surface area contributed by atoms with Crippen molar-refractivity contribution in [2.24, 2.45) is 0 Å². The monoisotopic (exact) mass is 362 g/mol. The summed E-state index contributed by atoms with van der Waals surface area (Å²) in [5.74, 6) is 0.0904. The van der Waals surface area contributed by atoms with Crippen LogP contribution < -0.4 is 4.74 Å². The molecule has 0 atom stereocenters. The molecule has 0 radical (unpaired) electrons. The minimum absolute atomic E-state index is 0.0904. The average molecular weight is 362 g/mol. The van der Waals surface area contributed by atoms with Crippen molar-refractivity contribution in [2.45, 2.75) is 25.9 Å². The van der Waals surface area contributed by atoms with Gasteiger partial charge in [-0.3, -0.25) is 4.79 Å². The van der Waals surface area contributed by atoms with Crippen molar-refractivity contribution in [1.82, 2.24) is 0 Å². The summed E-state index contributed by atoms with van der Waals surface area (Å²) in [4.78, 5) is 10.8. The summed E-state index contributed by atoms with van der Waals surface area (Å²) in [5.41, 5.74) is -2.17. The van der Waals surface area contributed by atoms with Gasteiger partial charge in [-0.25, -0.2) is 0 Å². The first-order valence-electron chi connectivity index (χ1n) is 6.97. The Balaban J connectivity index is 2.36. The molecule has 0 bridgehead atoms. The second kappa shape index (κ2) is 6.78. The van der Waals surface area contributed by atoms with E-state index in [-0.39, 0.29) is 11.3 Å². The predicted octanol–water partition coefficient (Wildman–Crippen LogP) is 5.42. The second-order valence-corrected chi connectivity index (χ2v) is 5.35. The quantitative estimate of drug-likeness (QED) is 0.536. The van der Waals surface area contributed by atoms with Crippen LogP contribution in [0, 0.1) is 6.92 Å². The molecule has 0 amide bonds. The van der Waals surface area contributed by atoms with E-state index in [1.165, 1.54) is 18.2 Å². The third kappa shape index (κ3) is 4.74. The maximum absolute atomic E-state index is 13.0. The van der Waals surface area contributed by atoms with Gasteiger partial charge < -0.3 is 4.74 Å². The zero-order chi connectivity index (χ0) is 18.8. The Morgan fingerprint density at radius 3 is 2.20 bits per heavy atom. The molecule has 0 aliphatic carbocycles. The van der Waals surface area contributed by atoms with Gasteiger partial charge in [-0.1, -0.05) is 0 Å². The van der Waals surface area contributed by atoms with Crippen molar-refractivity contribution in [3.05, 3.63) is 64.2 Å². The molecule has 0 heterocycles. The summed E-state index contributed by atoms with van der Waals surface area (Å²) < 4.78 is 82.4. The molecule has 25 heavy (non-hydrogen) atoms. The summed E-state index contributed by atoms with van der Waals surface area (Å²) in [6, 6.07) is 5.47. The molecule has 0 fully saturated rings. The molecule has 2 aromatic carbocycles. The predicted molar refractivity (Wildman–Crippen MR) is 77.3 cm³/mol. The van der Waals surface area contributed by atoms with E-state index in [0.717, 1.165) is 0 Å². The molecular formula is C17H12F6O2. The highest BCUT2D eigenvalue weighted by Crippen LogP contribution is 2.37. The van der Waals surface area contributed by atoms with Crippen LogP contribution in [0.15, 0.2) is 36.4 Å². The van der Waals surface area contributed by atoms with Crippen LogP contribution in [0.4, 0.5) is 26.3 Å². The highest BCUT2D eigenvalue weighted by atomic mass is 19.4. The third-order valence-electron chi connectivity index (χ3n) is 3.34. The fourth-order valence-electron chi connectivity index (χ4n) is 2.26. The first-order chi connectivity index (χ1) is 11.5. The van der Waals surface area contributed by atoms with Crippen molar-refractivity contribution in [1.29, 1.82) is 0 Å². The van der Waals surface area contributed by atoms with E-state index < -0.39 is 35.6 Å². The molecule has 0 aliphatic rings. The molecule has 134 valence electrons. The fraction of sp³-hybridized carbons (Fsp3) is 0.235. The van der Waals surface area contributed by atoms with Gasteiger partial charge in [0, 0.05) is 11.1 Å². The molecule has 0 aliphatic heterocycles. The minimum Gasteiger partial charge on any atom is -0.489 e. The van der Waals surface area contributed by atoms with Crippen LogP contribution in [0.5, 0.6) is 5.75 Å². The smallest absolute Gasteiger partial charge is 0.416 e. The average Bonchev–Trinajstić information content (AvgIpc) is 2.50. The van der Waals surface area contributed by atoms with E-state index in [4.69, 9.17) is 4.74 Å². The number of aryl methyl sites for hydroxylation is 1. The van der Waals surface area contributed by atoms with E-state index >= 15 is 0 Å². The lowest BCUT2D eigenvalue weighted by atomic mass is 10.0. The van der Waals surface area contributed by atoms with Crippen molar-refractivity contribution in [3.8, 4) is 5.75 Å². The number of rotatable bonds is 4. The first-order valence-corrected chi connectivity index (χ1v) is 6.97. The van der Waals surface area contributed by atoms with E-state index in [2.05, 4.69) is 0 Å². The van der Waals surface area contributed by atoms with E-state index in [1.54, 1.807) is 6.92 Å². The van der Waals surface area contributed by atoms with E-state index in [1.807, 2.05) is 0 Å². The van der Waals surface area contributed by atoms with Crippen molar-refractivity contribution < 1.29 is 35.9 Å². The molecule has 8 heteroatoms. The highest BCUT2D eigenvalue weighted by Gasteiger charge is 2.37. The Labute approximate surface area is 139 Å². The van der Waals surface area contributed by atoms with Crippen LogP contribution in [0.2, 0.25) is 0 Å². The lowest BCUT2D eigenvalue weighted by Gasteiger charge is -2.16. The summed E-state index contributed by atoms with van der Waals surface area (Å²) in [7, 11) is 0. The Bertz CT molecular complexity index is 778. The molecule has 0 saturated carbocycles. The lowest BCUT2D eigenvalue weighted by Crippen LogP contribution is -2.14. The molecule has 2 rings (SSSR count). The number of hydrogen-bond donors (Lipinski definition) is 0. The topological polar surface area (TPSA) is 26.3 Å². The molecule has 2 nitrogen and oxygen atoms in total. The number of ether oxygens (including phenoxy) is 1. The van der Waals surface area contributed by atoms with Crippen LogP contribution in [0.25, 0.3) is 0 Å². The Morgan fingerprint density at radius 1 is 0.960 bits per heavy atom. The molecule has 2 aromatic rings. The van der Waals surface area contributed by atoms with Crippen LogP contribution in [0.1, 0.15) is 32.6 Å². The normalized spacial score (nSPS) is 12.1. The number of carbonyl (C=O) groups is 1.